The van der Waals surface area contributed by atoms with Crippen molar-refractivity contribution in [3.8, 4) is 17.0 Å². The Kier molecular flexibility index (Phi) is 3.94. The van der Waals surface area contributed by atoms with Gasteiger partial charge in [0.15, 0.2) is 0 Å². The number of hydrogen-bond acceptors (Lipinski definition) is 6. The standard InChI is InChI=1S/C16H20N4O2/c1-10-6-13(4-5-17-10)14-7-18-16(19-15(14)21)20-8-11(2)22-12(3)9-20/h4-7,11-12H,8-9H2,1-3H3,(H,18,19,21)/t11-,12+. The molecule has 6 nitrogen and oxygen atoms in total. The highest BCUT2D eigenvalue weighted by atomic mass is 16.5. The highest BCUT2D eigenvalue weighted by molar-refractivity contribution is 5.68. The number of pyridine rings is 1. The highest BCUT2D eigenvalue weighted by Gasteiger charge is 2.24. The van der Waals surface area contributed by atoms with Gasteiger partial charge >= 0.3 is 0 Å². The summed E-state index contributed by atoms with van der Waals surface area (Å²) in [5.74, 6) is 0.524. The van der Waals surface area contributed by atoms with E-state index in [1.165, 1.54) is 0 Å². The fraction of sp³-hybridized carbons (Fsp3) is 0.438. The van der Waals surface area contributed by atoms with Gasteiger partial charge in [0.1, 0.15) is 0 Å². The van der Waals surface area contributed by atoms with Crippen molar-refractivity contribution in [2.75, 3.05) is 18.0 Å². The normalized spacial score (nSPS) is 21.9. The number of morpholine rings is 1. The molecule has 0 amide bonds. The molecule has 3 heterocycles. The van der Waals surface area contributed by atoms with Crippen LogP contribution in [-0.2, 0) is 4.74 Å². The van der Waals surface area contributed by atoms with E-state index >= 15 is 0 Å². The Bertz CT molecular complexity index is 667. The molecule has 1 saturated heterocycles. The van der Waals surface area contributed by atoms with E-state index in [-0.39, 0.29) is 18.1 Å². The van der Waals surface area contributed by atoms with E-state index in [1.54, 1.807) is 12.4 Å². The molecule has 0 radical (unpaired) electrons. The largest absolute Gasteiger partial charge is 0.493 e. The first-order chi connectivity index (χ1) is 10.5. The summed E-state index contributed by atoms with van der Waals surface area (Å²) >= 11 is 0. The summed E-state index contributed by atoms with van der Waals surface area (Å²) in [5, 5.41) is 10.3. The fourth-order valence-corrected chi connectivity index (χ4v) is 2.77. The van der Waals surface area contributed by atoms with Crippen molar-refractivity contribution in [3.05, 3.63) is 30.2 Å². The monoisotopic (exact) mass is 300 g/mol. The number of aromatic hydroxyl groups is 1. The lowest BCUT2D eigenvalue weighted by Crippen LogP contribution is -2.46. The van der Waals surface area contributed by atoms with Crippen LogP contribution in [0.1, 0.15) is 19.5 Å². The van der Waals surface area contributed by atoms with Crippen LogP contribution in [0, 0.1) is 6.92 Å². The second-order valence-corrected chi connectivity index (χ2v) is 5.76. The zero-order valence-corrected chi connectivity index (χ0v) is 13.0. The van der Waals surface area contributed by atoms with Crippen LogP contribution in [0.5, 0.6) is 5.88 Å². The average Bonchev–Trinajstić information content (AvgIpc) is 2.46. The molecule has 6 heteroatoms. The number of anilines is 1. The summed E-state index contributed by atoms with van der Waals surface area (Å²) in [4.78, 5) is 14.9. The third-order valence-corrected chi connectivity index (χ3v) is 3.67. The Morgan fingerprint density at radius 1 is 1.23 bits per heavy atom. The van der Waals surface area contributed by atoms with E-state index < -0.39 is 0 Å². The van der Waals surface area contributed by atoms with Gasteiger partial charge in [0.2, 0.25) is 11.8 Å². The molecule has 3 rings (SSSR count). The van der Waals surface area contributed by atoms with Gasteiger partial charge in [-0.25, -0.2) is 4.98 Å². The first-order valence-electron chi connectivity index (χ1n) is 7.42. The molecule has 2 aromatic heterocycles. The second kappa shape index (κ2) is 5.88. The molecule has 0 aromatic carbocycles. The van der Waals surface area contributed by atoms with E-state index in [4.69, 9.17) is 4.74 Å². The molecule has 0 saturated carbocycles. The summed E-state index contributed by atoms with van der Waals surface area (Å²) in [6, 6.07) is 3.74. The van der Waals surface area contributed by atoms with Gasteiger partial charge in [0.05, 0.1) is 17.8 Å². The summed E-state index contributed by atoms with van der Waals surface area (Å²) in [7, 11) is 0. The van der Waals surface area contributed by atoms with E-state index in [2.05, 4.69) is 15.0 Å². The predicted molar refractivity (Wildman–Crippen MR) is 83.9 cm³/mol. The average molecular weight is 300 g/mol. The van der Waals surface area contributed by atoms with Gasteiger partial charge in [-0.3, -0.25) is 4.98 Å². The van der Waals surface area contributed by atoms with Crippen LogP contribution in [0.25, 0.3) is 11.1 Å². The summed E-state index contributed by atoms with van der Waals surface area (Å²) < 4.78 is 5.71. The summed E-state index contributed by atoms with van der Waals surface area (Å²) in [6.07, 6.45) is 3.62. The van der Waals surface area contributed by atoms with Crippen molar-refractivity contribution in [1.82, 2.24) is 15.0 Å². The smallest absolute Gasteiger partial charge is 0.228 e. The number of hydrogen-bond donors (Lipinski definition) is 1. The summed E-state index contributed by atoms with van der Waals surface area (Å²) in [6.45, 7) is 7.40. The minimum atomic E-state index is -0.0117. The van der Waals surface area contributed by atoms with E-state index in [9.17, 15) is 5.11 Å². The van der Waals surface area contributed by atoms with Crippen LogP contribution in [0.4, 0.5) is 5.95 Å². The highest BCUT2D eigenvalue weighted by Crippen LogP contribution is 2.29. The number of rotatable bonds is 2. The Hall–Kier alpha value is -2.21. The molecule has 1 N–H and O–H groups in total. The van der Waals surface area contributed by atoms with E-state index in [0.717, 1.165) is 24.3 Å². The quantitative estimate of drug-likeness (QED) is 0.916. The van der Waals surface area contributed by atoms with Gasteiger partial charge < -0.3 is 14.7 Å². The molecule has 0 unspecified atom stereocenters. The first-order valence-corrected chi connectivity index (χ1v) is 7.42. The lowest BCUT2D eigenvalue weighted by molar-refractivity contribution is -0.00575. The van der Waals surface area contributed by atoms with E-state index in [1.807, 2.05) is 37.8 Å². The van der Waals surface area contributed by atoms with E-state index in [0.29, 0.717) is 11.5 Å². The molecule has 0 aliphatic carbocycles. The fourth-order valence-electron chi connectivity index (χ4n) is 2.77. The third-order valence-electron chi connectivity index (χ3n) is 3.67. The molecule has 116 valence electrons. The topological polar surface area (TPSA) is 71.4 Å². The molecular formula is C16H20N4O2. The molecule has 0 spiro atoms. The van der Waals surface area contributed by atoms with Crippen molar-refractivity contribution in [2.24, 2.45) is 0 Å². The van der Waals surface area contributed by atoms with Crippen LogP contribution in [-0.4, -0.2) is 45.4 Å². The number of aromatic nitrogens is 3. The molecule has 22 heavy (non-hydrogen) atoms. The second-order valence-electron chi connectivity index (χ2n) is 5.76. The maximum atomic E-state index is 10.3. The number of aryl methyl sites for hydroxylation is 1. The van der Waals surface area contributed by atoms with Gasteiger partial charge in [-0.1, -0.05) is 0 Å². The van der Waals surface area contributed by atoms with Crippen LogP contribution in [0.3, 0.4) is 0 Å². The molecule has 2 aromatic rings. The van der Waals surface area contributed by atoms with Crippen molar-refractivity contribution in [2.45, 2.75) is 33.0 Å². The Balaban J connectivity index is 1.89. The lowest BCUT2D eigenvalue weighted by Gasteiger charge is -2.35. The van der Waals surface area contributed by atoms with Gasteiger partial charge in [0, 0.05) is 31.2 Å². The zero-order valence-electron chi connectivity index (χ0n) is 13.0. The Labute approximate surface area is 129 Å². The lowest BCUT2D eigenvalue weighted by atomic mass is 10.1. The number of nitrogens with zero attached hydrogens (tertiary/aromatic N) is 4. The van der Waals surface area contributed by atoms with Crippen molar-refractivity contribution in [1.29, 1.82) is 0 Å². The maximum absolute atomic E-state index is 10.3. The Morgan fingerprint density at radius 2 is 1.95 bits per heavy atom. The molecule has 1 aliphatic rings. The van der Waals surface area contributed by atoms with Gasteiger partial charge in [0.25, 0.3) is 0 Å². The molecule has 2 atom stereocenters. The van der Waals surface area contributed by atoms with Crippen LogP contribution < -0.4 is 4.90 Å². The predicted octanol–water partition coefficient (Wildman–Crippen LogP) is 2.17. The molecular weight excluding hydrogens is 280 g/mol. The SMILES string of the molecule is Cc1cc(-c2cnc(N3C[C@@H](C)O[C@@H](C)C3)nc2O)ccn1. The van der Waals surface area contributed by atoms with Gasteiger partial charge in [-0.2, -0.15) is 4.98 Å². The third kappa shape index (κ3) is 3.01. The minimum absolute atomic E-state index is 0.0117. The summed E-state index contributed by atoms with van der Waals surface area (Å²) in [5.41, 5.74) is 2.36. The molecule has 1 aliphatic heterocycles. The molecule has 0 bridgehead atoms. The molecule has 1 fully saturated rings. The maximum Gasteiger partial charge on any atom is 0.228 e. The van der Waals surface area contributed by atoms with Crippen molar-refractivity contribution >= 4 is 5.95 Å². The zero-order chi connectivity index (χ0) is 15.7. The van der Waals surface area contributed by atoms with Crippen molar-refractivity contribution in [3.63, 3.8) is 0 Å². The number of ether oxygens (including phenoxy) is 1. The van der Waals surface area contributed by atoms with Crippen LogP contribution in [0.15, 0.2) is 24.5 Å². The first kappa shape index (κ1) is 14.7. The van der Waals surface area contributed by atoms with Crippen LogP contribution >= 0.6 is 0 Å². The van der Waals surface area contributed by atoms with Crippen LogP contribution in [0.2, 0.25) is 0 Å². The van der Waals surface area contributed by atoms with Gasteiger partial charge in [-0.15, -0.1) is 0 Å². The Morgan fingerprint density at radius 3 is 2.59 bits per heavy atom. The van der Waals surface area contributed by atoms with Gasteiger partial charge in [-0.05, 0) is 38.5 Å². The van der Waals surface area contributed by atoms with Crippen molar-refractivity contribution < 1.29 is 9.84 Å². The minimum Gasteiger partial charge on any atom is -0.493 e.